The Bertz CT molecular complexity index is 892. The van der Waals surface area contributed by atoms with Crippen molar-refractivity contribution < 1.29 is 14.3 Å². The molecule has 1 aromatic carbocycles. The Morgan fingerprint density at radius 3 is 2.75 bits per heavy atom. The molecule has 0 aliphatic rings. The predicted molar refractivity (Wildman–Crippen MR) is 89.9 cm³/mol. The van der Waals surface area contributed by atoms with Crippen LogP contribution in [0, 0.1) is 0 Å². The molecule has 0 spiro atoms. The van der Waals surface area contributed by atoms with Crippen LogP contribution >= 0.6 is 11.6 Å². The fourth-order valence-corrected chi connectivity index (χ4v) is 2.22. The van der Waals surface area contributed by atoms with E-state index in [9.17, 15) is 9.59 Å². The van der Waals surface area contributed by atoms with Crippen LogP contribution in [-0.4, -0.2) is 28.5 Å². The maximum atomic E-state index is 12.0. The maximum absolute atomic E-state index is 12.0. The Morgan fingerprint density at radius 1 is 1.08 bits per heavy atom. The number of ether oxygens (including phenoxy) is 1. The number of nitrogens with one attached hydrogen (secondary N) is 1. The van der Waals surface area contributed by atoms with Gasteiger partial charge in [-0.3, -0.25) is 9.78 Å². The fraction of sp³-hybridized carbons (Fsp3) is 0.0588. The second-order valence-electron chi connectivity index (χ2n) is 4.87. The fourth-order valence-electron chi connectivity index (χ4n) is 2.11. The van der Waals surface area contributed by atoms with Crippen molar-refractivity contribution in [2.75, 3.05) is 11.9 Å². The molecule has 3 rings (SSSR count). The number of hydrogen-bond donors (Lipinski definition) is 1. The highest BCUT2D eigenvalue weighted by Gasteiger charge is 2.12. The Hall–Kier alpha value is -2.99. The lowest BCUT2D eigenvalue weighted by molar-refractivity contribution is -0.119. The van der Waals surface area contributed by atoms with E-state index in [1.54, 1.807) is 24.4 Å². The van der Waals surface area contributed by atoms with Crippen molar-refractivity contribution in [2.24, 2.45) is 0 Å². The van der Waals surface area contributed by atoms with Crippen molar-refractivity contribution in [1.29, 1.82) is 0 Å². The minimum absolute atomic E-state index is 0.224. The van der Waals surface area contributed by atoms with Crippen LogP contribution in [0.5, 0.6) is 0 Å². The van der Waals surface area contributed by atoms with E-state index in [1.165, 1.54) is 18.3 Å². The van der Waals surface area contributed by atoms with Gasteiger partial charge in [0.15, 0.2) is 6.61 Å². The number of halogens is 1. The molecule has 2 heterocycles. The molecule has 0 saturated carbocycles. The number of amides is 1. The van der Waals surface area contributed by atoms with Crippen LogP contribution < -0.4 is 5.32 Å². The van der Waals surface area contributed by atoms with Gasteiger partial charge >= 0.3 is 5.97 Å². The van der Waals surface area contributed by atoms with Gasteiger partial charge in [0, 0.05) is 17.8 Å². The molecule has 0 aliphatic heterocycles. The summed E-state index contributed by atoms with van der Waals surface area (Å²) in [4.78, 5) is 31.8. The van der Waals surface area contributed by atoms with Gasteiger partial charge in [-0.05, 0) is 36.4 Å². The zero-order valence-electron chi connectivity index (χ0n) is 12.4. The normalized spacial score (nSPS) is 10.4. The largest absolute Gasteiger partial charge is 0.452 e. The van der Waals surface area contributed by atoms with E-state index in [-0.39, 0.29) is 10.7 Å². The highest BCUT2D eigenvalue weighted by molar-refractivity contribution is 6.29. The number of carbonyl (C=O) groups is 2. The molecule has 0 bridgehead atoms. The summed E-state index contributed by atoms with van der Waals surface area (Å²) in [5, 5.41) is 3.79. The molecule has 0 unspecified atom stereocenters. The third kappa shape index (κ3) is 3.67. The van der Waals surface area contributed by atoms with E-state index in [4.69, 9.17) is 16.3 Å². The summed E-state index contributed by atoms with van der Waals surface area (Å²) in [7, 11) is 0. The van der Waals surface area contributed by atoms with Gasteiger partial charge < -0.3 is 10.1 Å². The molecule has 6 nitrogen and oxygen atoms in total. The molecule has 0 aliphatic carbocycles. The number of benzene rings is 1. The van der Waals surface area contributed by atoms with Crippen LogP contribution in [0.4, 0.5) is 5.69 Å². The predicted octanol–water partition coefficient (Wildman–Crippen LogP) is 3.08. The lowest BCUT2D eigenvalue weighted by Gasteiger charge is -2.09. The molecule has 0 radical (unpaired) electrons. The molecule has 120 valence electrons. The van der Waals surface area contributed by atoms with E-state index in [0.29, 0.717) is 5.69 Å². The lowest BCUT2D eigenvalue weighted by atomic mass is 10.2. The zero-order chi connectivity index (χ0) is 16.9. The Balaban J connectivity index is 1.63. The first-order valence-electron chi connectivity index (χ1n) is 7.06. The van der Waals surface area contributed by atoms with Crippen molar-refractivity contribution in [3.05, 3.63) is 65.6 Å². The van der Waals surface area contributed by atoms with Crippen LogP contribution in [0.25, 0.3) is 10.9 Å². The van der Waals surface area contributed by atoms with Crippen LogP contribution in [0.2, 0.25) is 5.15 Å². The number of rotatable bonds is 4. The highest BCUT2D eigenvalue weighted by Crippen LogP contribution is 2.21. The minimum atomic E-state index is -0.645. The molecule has 0 fully saturated rings. The molecule has 24 heavy (non-hydrogen) atoms. The second kappa shape index (κ2) is 7.06. The van der Waals surface area contributed by atoms with Crippen molar-refractivity contribution in [2.45, 2.75) is 0 Å². The minimum Gasteiger partial charge on any atom is -0.452 e. The van der Waals surface area contributed by atoms with E-state index in [0.717, 1.165) is 10.9 Å². The highest BCUT2D eigenvalue weighted by atomic mass is 35.5. The van der Waals surface area contributed by atoms with Crippen molar-refractivity contribution in [1.82, 2.24) is 9.97 Å². The number of nitrogens with zero attached hydrogens (tertiary/aromatic N) is 2. The van der Waals surface area contributed by atoms with Crippen molar-refractivity contribution >= 4 is 40.1 Å². The van der Waals surface area contributed by atoms with E-state index >= 15 is 0 Å². The quantitative estimate of drug-likeness (QED) is 0.582. The lowest BCUT2D eigenvalue weighted by Crippen LogP contribution is -2.21. The summed E-state index contributed by atoms with van der Waals surface area (Å²) in [6.45, 7) is -0.405. The van der Waals surface area contributed by atoms with E-state index < -0.39 is 18.5 Å². The number of fused-ring (bicyclic) bond motifs is 1. The summed E-state index contributed by atoms with van der Waals surface area (Å²) in [6, 6.07) is 12.0. The number of esters is 1. The monoisotopic (exact) mass is 341 g/mol. The topological polar surface area (TPSA) is 81.2 Å². The molecule has 2 aromatic heterocycles. The molecule has 0 saturated heterocycles. The van der Waals surface area contributed by atoms with E-state index in [2.05, 4.69) is 15.3 Å². The first-order valence-corrected chi connectivity index (χ1v) is 7.43. The molecule has 1 amide bonds. The molecule has 3 aromatic rings. The van der Waals surface area contributed by atoms with Crippen molar-refractivity contribution in [3.63, 3.8) is 0 Å². The van der Waals surface area contributed by atoms with Gasteiger partial charge in [0.05, 0.1) is 16.8 Å². The van der Waals surface area contributed by atoms with Gasteiger partial charge in [-0.15, -0.1) is 0 Å². The molecular formula is C17H12ClN3O3. The summed E-state index contributed by atoms with van der Waals surface area (Å²) in [6.07, 6.45) is 2.97. The number of carbonyl (C=O) groups excluding carboxylic acids is 2. The number of hydrogen-bond acceptors (Lipinski definition) is 5. The van der Waals surface area contributed by atoms with E-state index in [1.807, 2.05) is 12.1 Å². The van der Waals surface area contributed by atoms with Gasteiger partial charge in [-0.1, -0.05) is 17.7 Å². The Morgan fingerprint density at radius 2 is 1.96 bits per heavy atom. The smallest absolute Gasteiger partial charge is 0.340 e. The maximum Gasteiger partial charge on any atom is 0.340 e. The third-order valence-electron chi connectivity index (χ3n) is 3.22. The summed E-state index contributed by atoms with van der Waals surface area (Å²) in [5.41, 5.74) is 1.59. The second-order valence-corrected chi connectivity index (χ2v) is 5.26. The van der Waals surface area contributed by atoms with Crippen LogP contribution in [0.1, 0.15) is 10.4 Å². The van der Waals surface area contributed by atoms with Gasteiger partial charge in [0.25, 0.3) is 5.91 Å². The third-order valence-corrected chi connectivity index (χ3v) is 3.44. The average Bonchev–Trinajstić information content (AvgIpc) is 2.61. The van der Waals surface area contributed by atoms with Gasteiger partial charge in [-0.25, -0.2) is 9.78 Å². The number of pyridine rings is 2. The van der Waals surface area contributed by atoms with Crippen molar-refractivity contribution in [3.8, 4) is 0 Å². The Labute approximate surface area is 142 Å². The summed E-state index contributed by atoms with van der Waals surface area (Å²) in [5.74, 6) is -1.09. The van der Waals surface area contributed by atoms with Crippen LogP contribution in [0.3, 0.4) is 0 Å². The summed E-state index contributed by atoms with van der Waals surface area (Å²) < 4.78 is 4.96. The number of aromatic nitrogens is 2. The van der Waals surface area contributed by atoms with Crippen LogP contribution in [0.15, 0.2) is 54.9 Å². The molecule has 7 heteroatoms. The van der Waals surface area contributed by atoms with Crippen LogP contribution in [-0.2, 0) is 9.53 Å². The first kappa shape index (κ1) is 15.9. The molecule has 1 N–H and O–H groups in total. The van der Waals surface area contributed by atoms with Gasteiger partial charge in [-0.2, -0.15) is 0 Å². The van der Waals surface area contributed by atoms with Gasteiger partial charge in [0.2, 0.25) is 0 Å². The SMILES string of the molecule is O=C(COC(=O)c1ccc(Cl)nc1)Nc1cccc2ncccc12. The molecule has 0 atom stereocenters. The zero-order valence-corrected chi connectivity index (χ0v) is 13.2. The first-order chi connectivity index (χ1) is 11.6. The Kier molecular flexibility index (Phi) is 4.67. The standard InChI is InChI=1S/C17H12ClN3O3/c18-15-7-6-11(9-20-15)17(23)24-10-16(22)21-14-5-1-4-13-12(14)3-2-8-19-13/h1-9H,10H2,(H,21,22). The average molecular weight is 342 g/mol. The van der Waals surface area contributed by atoms with Gasteiger partial charge in [0.1, 0.15) is 5.15 Å². The summed E-state index contributed by atoms with van der Waals surface area (Å²) >= 11 is 5.65. The number of anilines is 1. The molecular weight excluding hydrogens is 330 g/mol.